The number of benzene rings is 1. The molecule has 1 aromatic carbocycles. The fraction of sp³-hybridized carbons (Fsp3) is 0.308. The number of methoxy groups -OCH3 is 1. The van der Waals surface area contributed by atoms with Gasteiger partial charge < -0.3 is 15.2 Å². The molecule has 2 N–H and O–H groups in total. The standard InChI is InChI=1S/C13H13ClFNO5/c1-21-10(17)6-5-9(13(19)20)16-12(18)7-3-2-4-8(15)11(7)14/h2-4,9H,5-6H2,1H3,(H,16,18)(H,19,20)/t9-/m0/s1. The molecule has 21 heavy (non-hydrogen) atoms. The maximum absolute atomic E-state index is 13.2. The van der Waals surface area contributed by atoms with Crippen molar-refractivity contribution in [2.45, 2.75) is 18.9 Å². The van der Waals surface area contributed by atoms with Crippen molar-refractivity contribution in [3.63, 3.8) is 0 Å². The van der Waals surface area contributed by atoms with Crippen molar-refractivity contribution in [3.05, 3.63) is 34.6 Å². The van der Waals surface area contributed by atoms with Crippen molar-refractivity contribution in [2.24, 2.45) is 0 Å². The van der Waals surface area contributed by atoms with Crippen LogP contribution in [0, 0.1) is 5.82 Å². The molecule has 0 bridgehead atoms. The van der Waals surface area contributed by atoms with Crippen LogP contribution >= 0.6 is 11.6 Å². The average Bonchev–Trinajstić information content (AvgIpc) is 2.45. The molecule has 0 spiro atoms. The summed E-state index contributed by atoms with van der Waals surface area (Å²) in [7, 11) is 1.17. The van der Waals surface area contributed by atoms with Gasteiger partial charge >= 0.3 is 11.9 Å². The van der Waals surface area contributed by atoms with E-state index in [4.69, 9.17) is 16.7 Å². The average molecular weight is 318 g/mol. The zero-order valence-electron chi connectivity index (χ0n) is 11.1. The number of halogens is 2. The van der Waals surface area contributed by atoms with E-state index in [9.17, 15) is 18.8 Å². The SMILES string of the molecule is COC(=O)CC[C@H](NC(=O)c1cccc(F)c1Cl)C(=O)O. The fourth-order valence-electron chi connectivity index (χ4n) is 1.54. The predicted octanol–water partition coefficient (Wildman–Crippen LogP) is 1.62. The maximum Gasteiger partial charge on any atom is 0.326 e. The lowest BCUT2D eigenvalue weighted by Gasteiger charge is -2.14. The van der Waals surface area contributed by atoms with Crippen molar-refractivity contribution in [3.8, 4) is 0 Å². The van der Waals surface area contributed by atoms with Gasteiger partial charge in [-0.2, -0.15) is 0 Å². The second-order valence-electron chi connectivity index (χ2n) is 4.08. The van der Waals surface area contributed by atoms with Crippen LogP contribution in [-0.4, -0.2) is 36.1 Å². The molecule has 1 aromatic rings. The second-order valence-corrected chi connectivity index (χ2v) is 4.46. The molecule has 8 heteroatoms. The summed E-state index contributed by atoms with van der Waals surface area (Å²) in [6.45, 7) is 0. The summed E-state index contributed by atoms with van der Waals surface area (Å²) < 4.78 is 17.6. The number of amides is 1. The Bertz CT molecular complexity index is 563. The smallest absolute Gasteiger partial charge is 0.326 e. The zero-order valence-corrected chi connectivity index (χ0v) is 11.8. The molecule has 0 heterocycles. The largest absolute Gasteiger partial charge is 0.480 e. The van der Waals surface area contributed by atoms with Crippen molar-refractivity contribution in [2.75, 3.05) is 7.11 Å². The molecule has 0 unspecified atom stereocenters. The highest BCUT2D eigenvalue weighted by atomic mass is 35.5. The second kappa shape index (κ2) is 7.58. The first kappa shape index (κ1) is 16.9. The highest BCUT2D eigenvalue weighted by Gasteiger charge is 2.23. The fourth-order valence-corrected chi connectivity index (χ4v) is 1.75. The van der Waals surface area contributed by atoms with Crippen molar-refractivity contribution in [1.82, 2.24) is 5.32 Å². The Labute approximate surface area is 124 Å². The summed E-state index contributed by atoms with van der Waals surface area (Å²) in [4.78, 5) is 33.9. The third-order valence-electron chi connectivity index (χ3n) is 2.66. The van der Waals surface area contributed by atoms with E-state index in [2.05, 4.69) is 10.1 Å². The van der Waals surface area contributed by atoms with Crippen LogP contribution in [0.2, 0.25) is 5.02 Å². The monoisotopic (exact) mass is 317 g/mol. The molecule has 0 aromatic heterocycles. The number of aliphatic carboxylic acids is 1. The molecule has 1 atom stereocenters. The Morgan fingerprint density at radius 2 is 2.10 bits per heavy atom. The van der Waals surface area contributed by atoms with Crippen LogP contribution in [0.5, 0.6) is 0 Å². The van der Waals surface area contributed by atoms with Gasteiger partial charge in [-0.3, -0.25) is 9.59 Å². The summed E-state index contributed by atoms with van der Waals surface area (Å²) in [5.74, 6) is -3.54. The lowest BCUT2D eigenvalue weighted by molar-refractivity contribution is -0.142. The molecule has 0 aliphatic carbocycles. The summed E-state index contributed by atoms with van der Waals surface area (Å²) in [5.41, 5.74) is -0.180. The number of carbonyl (C=O) groups excluding carboxylic acids is 2. The number of esters is 1. The molecule has 1 rings (SSSR count). The Balaban J connectivity index is 2.79. The van der Waals surface area contributed by atoms with Gasteiger partial charge in [0.05, 0.1) is 17.7 Å². The number of nitrogens with one attached hydrogen (secondary N) is 1. The number of carboxylic acids is 1. The first-order valence-corrected chi connectivity index (χ1v) is 6.29. The molecular weight excluding hydrogens is 305 g/mol. The number of carbonyl (C=O) groups is 3. The molecule has 0 fully saturated rings. The van der Waals surface area contributed by atoms with Crippen LogP contribution in [0.25, 0.3) is 0 Å². The van der Waals surface area contributed by atoms with Gasteiger partial charge in [0.25, 0.3) is 5.91 Å². The zero-order chi connectivity index (χ0) is 16.0. The molecule has 0 saturated heterocycles. The first-order valence-electron chi connectivity index (χ1n) is 5.91. The number of ether oxygens (including phenoxy) is 1. The van der Waals surface area contributed by atoms with E-state index in [1.54, 1.807) is 0 Å². The van der Waals surface area contributed by atoms with Gasteiger partial charge in [0.15, 0.2) is 0 Å². The van der Waals surface area contributed by atoms with Gasteiger partial charge in [0, 0.05) is 6.42 Å². The van der Waals surface area contributed by atoms with Crippen molar-refractivity contribution >= 4 is 29.4 Å². The van der Waals surface area contributed by atoms with E-state index in [1.807, 2.05) is 0 Å². The van der Waals surface area contributed by atoms with Crippen molar-refractivity contribution < 1.29 is 28.6 Å². The topological polar surface area (TPSA) is 92.7 Å². The van der Waals surface area contributed by atoms with Crippen LogP contribution in [0.15, 0.2) is 18.2 Å². The normalized spacial score (nSPS) is 11.6. The highest BCUT2D eigenvalue weighted by Crippen LogP contribution is 2.19. The van der Waals surface area contributed by atoms with Crippen molar-refractivity contribution in [1.29, 1.82) is 0 Å². The first-order chi connectivity index (χ1) is 9.86. The Morgan fingerprint density at radius 3 is 2.67 bits per heavy atom. The van der Waals surface area contributed by atoms with E-state index in [-0.39, 0.29) is 18.4 Å². The lowest BCUT2D eigenvalue weighted by Crippen LogP contribution is -2.41. The van der Waals surface area contributed by atoms with Crippen LogP contribution in [0.4, 0.5) is 4.39 Å². The van der Waals surface area contributed by atoms with Gasteiger partial charge in [-0.15, -0.1) is 0 Å². The molecule has 0 aliphatic rings. The molecule has 0 aliphatic heterocycles. The van der Waals surface area contributed by atoms with Crippen LogP contribution in [0.1, 0.15) is 23.2 Å². The Morgan fingerprint density at radius 1 is 1.43 bits per heavy atom. The van der Waals surface area contributed by atoms with E-state index < -0.39 is 34.7 Å². The quantitative estimate of drug-likeness (QED) is 0.778. The Hall–Kier alpha value is -2.15. The van der Waals surface area contributed by atoms with E-state index in [0.29, 0.717) is 0 Å². The van der Waals surface area contributed by atoms with Gasteiger partial charge in [-0.1, -0.05) is 17.7 Å². The molecule has 0 saturated carbocycles. The minimum atomic E-state index is -1.32. The van der Waals surface area contributed by atoms with Crippen LogP contribution < -0.4 is 5.32 Å². The Kier molecular flexibility index (Phi) is 6.10. The van der Waals surface area contributed by atoms with Gasteiger partial charge in [0.2, 0.25) is 0 Å². The third kappa shape index (κ3) is 4.71. The minimum Gasteiger partial charge on any atom is -0.480 e. The summed E-state index contributed by atoms with van der Waals surface area (Å²) >= 11 is 5.64. The maximum atomic E-state index is 13.2. The van der Waals surface area contributed by atoms with Crippen LogP contribution in [0.3, 0.4) is 0 Å². The number of hydrogen-bond donors (Lipinski definition) is 2. The summed E-state index contributed by atoms with van der Waals surface area (Å²) in [5, 5.41) is 10.8. The van der Waals surface area contributed by atoms with Gasteiger partial charge in [-0.25, -0.2) is 9.18 Å². The van der Waals surface area contributed by atoms with E-state index >= 15 is 0 Å². The number of carboxylic acid groups (broad SMARTS) is 1. The molecule has 1 amide bonds. The van der Waals surface area contributed by atoms with Gasteiger partial charge in [-0.05, 0) is 18.6 Å². The van der Waals surface area contributed by atoms with E-state index in [1.165, 1.54) is 19.2 Å². The number of hydrogen-bond acceptors (Lipinski definition) is 4. The predicted molar refractivity (Wildman–Crippen MR) is 71.6 cm³/mol. The molecular formula is C13H13ClFNO5. The third-order valence-corrected chi connectivity index (χ3v) is 3.05. The molecule has 6 nitrogen and oxygen atoms in total. The summed E-state index contributed by atoms with van der Waals surface area (Å²) in [6.07, 6.45) is -0.328. The minimum absolute atomic E-state index is 0.152. The van der Waals surface area contributed by atoms with Crippen LogP contribution in [-0.2, 0) is 14.3 Å². The summed E-state index contributed by atoms with van der Waals surface area (Å²) in [6, 6.07) is 2.31. The molecule has 114 valence electrons. The molecule has 0 radical (unpaired) electrons. The van der Waals surface area contributed by atoms with E-state index in [0.717, 1.165) is 6.07 Å². The lowest BCUT2D eigenvalue weighted by atomic mass is 10.1. The number of rotatable bonds is 6. The highest BCUT2D eigenvalue weighted by molar-refractivity contribution is 6.34. The van der Waals surface area contributed by atoms with Gasteiger partial charge in [0.1, 0.15) is 11.9 Å².